The lowest BCUT2D eigenvalue weighted by Gasteiger charge is -2.12. The standard InChI is InChI=1S/C21H18N6O3S/c1-13-7-9-14(10-8-13)18-17-19(22-12-23-20(17)30-27-18)29-11-16(28)25-26-21(31)24-15-5-3-2-4-6-15/h2-10,12H,11H2,1H3,(H,25,28)(H2,24,26,31). The number of fused-ring (bicyclic) bond motifs is 1. The minimum Gasteiger partial charge on any atom is -0.467 e. The van der Waals surface area contributed by atoms with Crippen molar-refractivity contribution in [3.05, 3.63) is 66.5 Å². The Kier molecular flexibility index (Phi) is 5.99. The molecule has 0 fully saturated rings. The van der Waals surface area contributed by atoms with Crippen LogP contribution in [-0.4, -0.2) is 32.8 Å². The summed E-state index contributed by atoms with van der Waals surface area (Å²) >= 11 is 5.15. The Balaban J connectivity index is 1.39. The second-order valence-electron chi connectivity index (χ2n) is 6.54. The van der Waals surface area contributed by atoms with E-state index in [2.05, 4.69) is 31.3 Å². The van der Waals surface area contributed by atoms with E-state index in [9.17, 15) is 4.79 Å². The molecule has 0 aliphatic carbocycles. The number of benzene rings is 2. The van der Waals surface area contributed by atoms with Crippen LogP contribution in [0, 0.1) is 6.92 Å². The predicted molar refractivity (Wildman–Crippen MR) is 119 cm³/mol. The molecule has 2 aromatic carbocycles. The zero-order valence-corrected chi connectivity index (χ0v) is 17.3. The highest BCUT2D eigenvalue weighted by molar-refractivity contribution is 7.80. The van der Waals surface area contributed by atoms with E-state index in [0.29, 0.717) is 11.1 Å². The summed E-state index contributed by atoms with van der Waals surface area (Å²) in [6, 6.07) is 17.1. The van der Waals surface area contributed by atoms with Crippen molar-refractivity contribution in [3.63, 3.8) is 0 Å². The maximum Gasteiger partial charge on any atom is 0.276 e. The van der Waals surface area contributed by atoms with E-state index in [1.807, 2.05) is 61.5 Å². The summed E-state index contributed by atoms with van der Waals surface area (Å²) in [5.74, 6) is -0.251. The highest BCUT2D eigenvalue weighted by atomic mass is 32.1. The van der Waals surface area contributed by atoms with Gasteiger partial charge in [0.25, 0.3) is 11.6 Å². The van der Waals surface area contributed by atoms with Gasteiger partial charge in [-0.25, -0.2) is 4.98 Å². The zero-order chi connectivity index (χ0) is 21.6. The number of rotatable bonds is 5. The van der Waals surface area contributed by atoms with Crippen LogP contribution in [0.1, 0.15) is 5.56 Å². The number of hydrogen-bond acceptors (Lipinski definition) is 7. The van der Waals surface area contributed by atoms with Gasteiger partial charge in [0, 0.05) is 11.3 Å². The molecule has 0 unspecified atom stereocenters. The SMILES string of the molecule is Cc1ccc(-c2noc3ncnc(OCC(=O)NNC(=S)Nc4ccccc4)c23)cc1. The third-order valence-electron chi connectivity index (χ3n) is 4.25. The first-order valence-corrected chi connectivity index (χ1v) is 9.72. The third kappa shape index (κ3) is 4.93. The second kappa shape index (κ2) is 9.18. The van der Waals surface area contributed by atoms with Gasteiger partial charge in [-0.1, -0.05) is 53.2 Å². The molecule has 0 saturated heterocycles. The van der Waals surface area contributed by atoms with Gasteiger partial charge in [0.15, 0.2) is 11.7 Å². The zero-order valence-electron chi connectivity index (χ0n) is 16.5. The van der Waals surface area contributed by atoms with E-state index in [0.717, 1.165) is 16.8 Å². The molecule has 10 heteroatoms. The molecule has 156 valence electrons. The van der Waals surface area contributed by atoms with Crippen molar-refractivity contribution in [1.29, 1.82) is 0 Å². The number of hydrogen-bond donors (Lipinski definition) is 3. The van der Waals surface area contributed by atoms with Gasteiger partial charge in [-0.15, -0.1) is 0 Å². The van der Waals surface area contributed by atoms with E-state index in [-0.39, 0.29) is 23.3 Å². The molecule has 31 heavy (non-hydrogen) atoms. The van der Waals surface area contributed by atoms with E-state index in [1.165, 1.54) is 6.33 Å². The first kappa shape index (κ1) is 20.2. The molecule has 2 heterocycles. The summed E-state index contributed by atoms with van der Waals surface area (Å²) in [7, 11) is 0. The maximum atomic E-state index is 12.2. The average Bonchev–Trinajstić information content (AvgIpc) is 3.22. The van der Waals surface area contributed by atoms with E-state index >= 15 is 0 Å². The predicted octanol–water partition coefficient (Wildman–Crippen LogP) is 2.99. The average molecular weight is 434 g/mol. The lowest BCUT2D eigenvalue weighted by molar-refractivity contribution is -0.123. The second-order valence-corrected chi connectivity index (χ2v) is 6.95. The summed E-state index contributed by atoms with van der Waals surface area (Å²) in [4.78, 5) is 20.4. The monoisotopic (exact) mass is 434 g/mol. The molecule has 1 amide bonds. The Morgan fingerprint density at radius 2 is 1.84 bits per heavy atom. The first-order valence-electron chi connectivity index (χ1n) is 9.31. The highest BCUT2D eigenvalue weighted by Gasteiger charge is 2.18. The largest absolute Gasteiger partial charge is 0.467 e. The number of carbonyl (C=O) groups is 1. The van der Waals surface area contributed by atoms with Crippen LogP contribution in [0.4, 0.5) is 5.69 Å². The highest BCUT2D eigenvalue weighted by Crippen LogP contribution is 2.32. The number of ether oxygens (including phenoxy) is 1. The Labute approximate surface area is 182 Å². The van der Waals surface area contributed by atoms with Crippen LogP contribution < -0.4 is 20.9 Å². The summed E-state index contributed by atoms with van der Waals surface area (Å²) in [6.45, 7) is 1.70. The van der Waals surface area contributed by atoms with Crippen LogP contribution in [0.3, 0.4) is 0 Å². The molecule has 4 aromatic rings. The van der Waals surface area contributed by atoms with E-state index in [4.69, 9.17) is 21.5 Å². The van der Waals surface area contributed by atoms with E-state index < -0.39 is 5.91 Å². The number of aromatic nitrogens is 3. The van der Waals surface area contributed by atoms with Crippen molar-refractivity contribution in [2.45, 2.75) is 6.92 Å². The van der Waals surface area contributed by atoms with Crippen molar-refractivity contribution < 1.29 is 14.1 Å². The molecular formula is C21H18N6O3S. The molecule has 0 spiro atoms. The Bertz CT molecular complexity index is 1210. The van der Waals surface area contributed by atoms with Crippen LogP contribution in [0.15, 0.2) is 65.4 Å². The van der Waals surface area contributed by atoms with Crippen LogP contribution >= 0.6 is 12.2 Å². The van der Waals surface area contributed by atoms with Crippen molar-refractivity contribution >= 4 is 40.0 Å². The number of nitrogens with one attached hydrogen (secondary N) is 3. The minimum absolute atomic E-state index is 0.196. The lowest BCUT2D eigenvalue weighted by atomic mass is 10.1. The van der Waals surface area contributed by atoms with Crippen molar-refractivity contribution in [1.82, 2.24) is 26.0 Å². The number of carbonyl (C=O) groups excluding carboxylic acids is 1. The molecule has 3 N–H and O–H groups in total. The topological polar surface area (TPSA) is 114 Å². The number of thiocarbonyl (C=S) groups is 1. The van der Waals surface area contributed by atoms with Crippen molar-refractivity contribution in [3.8, 4) is 17.1 Å². The fraction of sp³-hybridized carbons (Fsp3) is 0.0952. The fourth-order valence-corrected chi connectivity index (χ4v) is 2.93. The number of amides is 1. The van der Waals surface area contributed by atoms with Crippen LogP contribution in [-0.2, 0) is 4.79 Å². The van der Waals surface area contributed by atoms with Gasteiger partial charge in [-0.3, -0.25) is 15.6 Å². The maximum absolute atomic E-state index is 12.2. The van der Waals surface area contributed by atoms with Crippen LogP contribution in [0.5, 0.6) is 5.88 Å². The molecule has 0 atom stereocenters. The third-order valence-corrected chi connectivity index (χ3v) is 4.45. The van der Waals surface area contributed by atoms with Gasteiger partial charge >= 0.3 is 0 Å². The molecule has 0 bridgehead atoms. The molecule has 2 aromatic heterocycles. The summed E-state index contributed by atoms with van der Waals surface area (Å²) < 4.78 is 10.9. The molecule has 0 aliphatic heterocycles. The summed E-state index contributed by atoms with van der Waals surface area (Å²) in [5.41, 5.74) is 8.64. The Hall–Kier alpha value is -4.05. The Morgan fingerprint density at radius 3 is 2.61 bits per heavy atom. The van der Waals surface area contributed by atoms with Gasteiger partial charge in [0.1, 0.15) is 17.4 Å². The smallest absolute Gasteiger partial charge is 0.276 e. The Morgan fingerprint density at radius 1 is 1.06 bits per heavy atom. The van der Waals surface area contributed by atoms with Gasteiger partial charge in [0.05, 0.1) is 0 Å². The summed E-state index contributed by atoms with van der Waals surface area (Å²) in [6.07, 6.45) is 1.29. The van der Waals surface area contributed by atoms with Crippen LogP contribution in [0.25, 0.3) is 22.4 Å². The number of anilines is 1. The first-order chi connectivity index (χ1) is 15.1. The molecule has 0 radical (unpaired) electrons. The number of para-hydroxylation sites is 1. The van der Waals surface area contributed by atoms with Gasteiger partial charge in [-0.05, 0) is 31.3 Å². The minimum atomic E-state index is -0.447. The molecule has 9 nitrogen and oxygen atoms in total. The summed E-state index contributed by atoms with van der Waals surface area (Å²) in [5, 5.41) is 7.77. The van der Waals surface area contributed by atoms with E-state index in [1.54, 1.807) is 0 Å². The fourth-order valence-electron chi connectivity index (χ4n) is 2.76. The number of nitrogens with zero attached hydrogens (tertiary/aromatic N) is 3. The van der Waals surface area contributed by atoms with Crippen molar-refractivity contribution in [2.24, 2.45) is 0 Å². The van der Waals surface area contributed by atoms with Gasteiger partial charge in [0.2, 0.25) is 5.88 Å². The molecule has 0 aliphatic rings. The number of hydrazine groups is 1. The molecular weight excluding hydrogens is 416 g/mol. The van der Waals surface area contributed by atoms with Gasteiger partial charge in [-0.2, -0.15) is 4.98 Å². The number of aryl methyl sites for hydroxylation is 1. The lowest BCUT2D eigenvalue weighted by Crippen LogP contribution is -2.45. The van der Waals surface area contributed by atoms with Crippen LogP contribution in [0.2, 0.25) is 0 Å². The van der Waals surface area contributed by atoms with Gasteiger partial charge < -0.3 is 14.6 Å². The molecule has 4 rings (SSSR count). The van der Waals surface area contributed by atoms with Crippen molar-refractivity contribution in [2.75, 3.05) is 11.9 Å². The quantitative estimate of drug-likeness (QED) is 0.322. The normalized spacial score (nSPS) is 10.5. The molecule has 0 saturated carbocycles.